The molecular formula is C11H8F3N3. The van der Waals surface area contributed by atoms with E-state index in [-0.39, 0.29) is 12.1 Å². The molecule has 0 fully saturated rings. The van der Waals surface area contributed by atoms with Crippen molar-refractivity contribution >= 4 is 5.95 Å². The standard InChI is InChI=1S/C11H8F3N3/c12-8-4-7(5-9(13)10(8)14)6-17-11-15-2-1-3-16-11/h1-5H,6H2,(H,15,16,17). The van der Waals surface area contributed by atoms with Crippen molar-refractivity contribution in [2.24, 2.45) is 0 Å². The van der Waals surface area contributed by atoms with Gasteiger partial charge in [-0.1, -0.05) is 0 Å². The Hall–Kier alpha value is -2.11. The Morgan fingerprint density at radius 1 is 1.00 bits per heavy atom. The van der Waals surface area contributed by atoms with Crippen molar-refractivity contribution in [1.82, 2.24) is 9.97 Å². The molecule has 1 aromatic heterocycles. The van der Waals surface area contributed by atoms with Crippen molar-refractivity contribution in [3.8, 4) is 0 Å². The van der Waals surface area contributed by atoms with Gasteiger partial charge < -0.3 is 5.32 Å². The summed E-state index contributed by atoms with van der Waals surface area (Å²) < 4.78 is 38.5. The summed E-state index contributed by atoms with van der Waals surface area (Å²) >= 11 is 0. The first-order valence-corrected chi connectivity index (χ1v) is 4.81. The van der Waals surface area contributed by atoms with Gasteiger partial charge in [-0.2, -0.15) is 0 Å². The van der Waals surface area contributed by atoms with Crippen LogP contribution >= 0.6 is 0 Å². The third kappa shape index (κ3) is 2.72. The van der Waals surface area contributed by atoms with Crippen LogP contribution < -0.4 is 5.32 Å². The molecule has 0 atom stereocenters. The number of rotatable bonds is 3. The maximum atomic E-state index is 12.9. The monoisotopic (exact) mass is 239 g/mol. The van der Waals surface area contributed by atoms with Crippen molar-refractivity contribution in [1.29, 1.82) is 0 Å². The first kappa shape index (κ1) is 11.4. The van der Waals surface area contributed by atoms with Crippen LogP contribution in [0.5, 0.6) is 0 Å². The Balaban J connectivity index is 2.10. The van der Waals surface area contributed by atoms with Crippen LogP contribution in [-0.2, 0) is 6.54 Å². The number of halogens is 3. The highest BCUT2D eigenvalue weighted by molar-refractivity contribution is 5.27. The number of anilines is 1. The highest BCUT2D eigenvalue weighted by Crippen LogP contribution is 2.14. The number of benzene rings is 1. The van der Waals surface area contributed by atoms with E-state index in [1.54, 1.807) is 6.07 Å². The summed E-state index contributed by atoms with van der Waals surface area (Å²) in [7, 11) is 0. The molecule has 0 aliphatic carbocycles. The average Bonchev–Trinajstić information content (AvgIpc) is 2.34. The van der Waals surface area contributed by atoms with Gasteiger partial charge in [-0.3, -0.25) is 0 Å². The molecule has 0 saturated carbocycles. The zero-order valence-corrected chi connectivity index (χ0v) is 8.62. The fourth-order valence-electron chi connectivity index (χ4n) is 1.28. The minimum atomic E-state index is -1.47. The van der Waals surface area contributed by atoms with Crippen LogP contribution in [-0.4, -0.2) is 9.97 Å². The number of nitrogens with zero attached hydrogens (tertiary/aromatic N) is 2. The van der Waals surface area contributed by atoms with Crippen LogP contribution in [0.4, 0.5) is 19.1 Å². The lowest BCUT2D eigenvalue weighted by molar-refractivity contribution is 0.445. The average molecular weight is 239 g/mol. The lowest BCUT2D eigenvalue weighted by atomic mass is 10.2. The van der Waals surface area contributed by atoms with Crippen LogP contribution in [0.15, 0.2) is 30.6 Å². The molecule has 0 spiro atoms. The zero-order chi connectivity index (χ0) is 12.3. The molecule has 2 aromatic rings. The molecule has 88 valence electrons. The van der Waals surface area contributed by atoms with Crippen molar-refractivity contribution in [3.63, 3.8) is 0 Å². The Labute approximate surface area is 95.3 Å². The molecule has 1 N–H and O–H groups in total. The SMILES string of the molecule is Fc1cc(CNc2ncccn2)cc(F)c1F. The third-order valence-corrected chi connectivity index (χ3v) is 2.06. The molecular weight excluding hydrogens is 231 g/mol. The van der Waals surface area contributed by atoms with E-state index in [1.165, 1.54) is 12.4 Å². The Morgan fingerprint density at radius 2 is 1.59 bits per heavy atom. The highest BCUT2D eigenvalue weighted by atomic mass is 19.2. The molecule has 0 radical (unpaired) electrons. The predicted octanol–water partition coefficient (Wildman–Crippen LogP) is 2.51. The highest BCUT2D eigenvalue weighted by Gasteiger charge is 2.10. The molecule has 0 amide bonds. The summed E-state index contributed by atoms with van der Waals surface area (Å²) in [6.45, 7) is 0.109. The van der Waals surface area contributed by atoms with Crippen LogP contribution in [0.1, 0.15) is 5.56 Å². The molecule has 2 rings (SSSR count). The molecule has 0 aliphatic heterocycles. The predicted molar refractivity (Wildman–Crippen MR) is 55.7 cm³/mol. The van der Waals surface area contributed by atoms with Crippen LogP contribution in [0.2, 0.25) is 0 Å². The summed E-state index contributed by atoms with van der Waals surface area (Å²) in [5.74, 6) is -3.56. The van der Waals surface area contributed by atoms with Crippen molar-refractivity contribution in [2.75, 3.05) is 5.32 Å². The van der Waals surface area contributed by atoms with E-state index in [9.17, 15) is 13.2 Å². The molecule has 0 bridgehead atoms. The third-order valence-electron chi connectivity index (χ3n) is 2.06. The van der Waals surface area contributed by atoms with E-state index in [1.807, 2.05) is 0 Å². The molecule has 1 aromatic carbocycles. The lowest BCUT2D eigenvalue weighted by Gasteiger charge is -2.05. The lowest BCUT2D eigenvalue weighted by Crippen LogP contribution is -2.04. The largest absolute Gasteiger partial charge is 0.350 e. The van der Waals surface area contributed by atoms with Crippen LogP contribution in [0.25, 0.3) is 0 Å². The van der Waals surface area contributed by atoms with Gasteiger partial charge in [0.15, 0.2) is 17.5 Å². The second kappa shape index (κ2) is 4.82. The number of nitrogens with one attached hydrogen (secondary N) is 1. The summed E-state index contributed by atoms with van der Waals surface area (Å²) in [6, 6.07) is 3.49. The summed E-state index contributed by atoms with van der Waals surface area (Å²) in [5, 5.41) is 2.76. The first-order chi connectivity index (χ1) is 8.16. The maximum absolute atomic E-state index is 12.9. The minimum absolute atomic E-state index is 0.109. The molecule has 1 heterocycles. The van der Waals surface area contributed by atoms with Gasteiger partial charge in [0.1, 0.15) is 0 Å². The van der Waals surface area contributed by atoms with Crippen molar-refractivity contribution in [3.05, 3.63) is 53.6 Å². The van der Waals surface area contributed by atoms with E-state index in [2.05, 4.69) is 15.3 Å². The molecule has 17 heavy (non-hydrogen) atoms. The van der Waals surface area contributed by atoms with Gasteiger partial charge in [0.25, 0.3) is 0 Å². The van der Waals surface area contributed by atoms with Gasteiger partial charge in [-0.25, -0.2) is 23.1 Å². The van der Waals surface area contributed by atoms with E-state index in [4.69, 9.17) is 0 Å². The van der Waals surface area contributed by atoms with Gasteiger partial charge in [0.05, 0.1) is 0 Å². The molecule has 0 unspecified atom stereocenters. The van der Waals surface area contributed by atoms with Gasteiger partial charge in [0, 0.05) is 18.9 Å². The fourth-order valence-corrected chi connectivity index (χ4v) is 1.28. The number of aromatic nitrogens is 2. The van der Waals surface area contributed by atoms with Crippen LogP contribution in [0.3, 0.4) is 0 Å². The van der Waals surface area contributed by atoms with Gasteiger partial charge in [0.2, 0.25) is 5.95 Å². The zero-order valence-electron chi connectivity index (χ0n) is 8.62. The van der Waals surface area contributed by atoms with Crippen molar-refractivity contribution < 1.29 is 13.2 Å². The maximum Gasteiger partial charge on any atom is 0.222 e. The Kier molecular flexibility index (Phi) is 3.22. The topological polar surface area (TPSA) is 37.8 Å². The number of hydrogen-bond donors (Lipinski definition) is 1. The minimum Gasteiger partial charge on any atom is -0.350 e. The Bertz CT molecular complexity index is 494. The van der Waals surface area contributed by atoms with E-state index in [0.29, 0.717) is 5.95 Å². The molecule has 0 saturated heterocycles. The van der Waals surface area contributed by atoms with Gasteiger partial charge in [-0.05, 0) is 23.8 Å². The van der Waals surface area contributed by atoms with Gasteiger partial charge >= 0.3 is 0 Å². The normalized spacial score (nSPS) is 10.3. The second-order valence-corrected chi connectivity index (χ2v) is 3.30. The summed E-state index contributed by atoms with van der Waals surface area (Å²) in [6.07, 6.45) is 3.06. The molecule has 6 heteroatoms. The Morgan fingerprint density at radius 3 is 2.18 bits per heavy atom. The van der Waals surface area contributed by atoms with E-state index in [0.717, 1.165) is 12.1 Å². The molecule has 3 nitrogen and oxygen atoms in total. The first-order valence-electron chi connectivity index (χ1n) is 4.81. The smallest absolute Gasteiger partial charge is 0.222 e. The van der Waals surface area contributed by atoms with Crippen LogP contribution in [0, 0.1) is 17.5 Å². The molecule has 0 aliphatic rings. The van der Waals surface area contributed by atoms with Gasteiger partial charge in [-0.15, -0.1) is 0 Å². The van der Waals surface area contributed by atoms with E-state index < -0.39 is 17.5 Å². The fraction of sp³-hybridized carbons (Fsp3) is 0.0909. The second-order valence-electron chi connectivity index (χ2n) is 3.30. The van der Waals surface area contributed by atoms with E-state index >= 15 is 0 Å². The quantitative estimate of drug-likeness (QED) is 0.836. The number of hydrogen-bond acceptors (Lipinski definition) is 3. The van der Waals surface area contributed by atoms with Crippen molar-refractivity contribution in [2.45, 2.75) is 6.54 Å². The summed E-state index contributed by atoms with van der Waals surface area (Å²) in [5.41, 5.74) is 0.272. The summed E-state index contributed by atoms with van der Waals surface area (Å²) in [4.78, 5) is 7.74.